The molecule has 11 nitrogen and oxygen atoms in total. The van der Waals surface area contributed by atoms with Gasteiger partial charge in [-0.05, 0) is 57.8 Å². The number of nitrogens with two attached hydrogens (primary N) is 1. The number of phosphoric acid groups is 1. The third-order valence-corrected chi connectivity index (χ3v) is 9.52. The summed E-state index contributed by atoms with van der Waals surface area (Å²) in [6.45, 7) is 2.63. The number of hydrogen-bond donors (Lipinski definition) is 3. The first-order valence-electron chi connectivity index (χ1n) is 20.7. The number of carboxylic acid groups (broad SMARTS) is 1. The Hall–Kier alpha value is -2.56. The van der Waals surface area contributed by atoms with Gasteiger partial charge >= 0.3 is 25.7 Å². The van der Waals surface area contributed by atoms with Crippen molar-refractivity contribution >= 4 is 25.7 Å². The van der Waals surface area contributed by atoms with E-state index in [0.29, 0.717) is 12.8 Å². The fourth-order valence-corrected chi connectivity index (χ4v) is 6.11. The molecule has 0 aromatic heterocycles. The van der Waals surface area contributed by atoms with E-state index in [4.69, 9.17) is 24.8 Å². The third kappa shape index (κ3) is 36.4. The van der Waals surface area contributed by atoms with E-state index in [0.717, 1.165) is 64.2 Å². The van der Waals surface area contributed by atoms with Crippen LogP contribution in [0.1, 0.15) is 168 Å². The SMILES string of the molecule is CC/C=C/C/C=C/C/C=C/CCCCCCCC(=O)OC[C@H](COP(=O)(O)OC[C@H](N)C(=O)O)OC(=O)CC/C=C/CCCCCCCCCCCCC. The smallest absolute Gasteiger partial charge is 0.472 e. The molecule has 3 atom stereocenters. The summed E-state index contributed by atoms with van der Waals surface area (Å²) in [6.07, 6.45) is 40.5. The van der Waals surface area contributed by atoms with Crippen molar-refractivity contribution in [3.63, 3.8) is 0 Å². The van der Waals surface area contributed by atoms with E-state index in [1.54, 1.807) is 0 Å². The zero-order valence-corrected chi connectivity index (χ0v) is 34.4. The van der Waals surface area contributed by atoms with Crippen molar-refractivity contribution in [2.24, 2.45) is 5.73 Å². The second-order valence-corrected chi connectivity index (χ2v) is 15.2. The van der Waals surface area contributed by atoms with Crippen LogP contribution in [0.5, 0.6) is 0 Å². The van der Waals surface area contributed by atoms with Crippen LogP contribution in [-0.4, -0.2) is 59.9 Å². The molecule has 0 saturated carbocycles. The van der Waals surface area contributed by atoms with E-state index in [2.05, 4.69) is 60.9 Å². The minimum Gasteiger partial charge on any atom is -0.480 e. The van der Waals surface area contributed by atoms with Gasteiger partial charge in [-0.3, -0.25) is 23.4 Å². The molecule has 0 aliphatic heterocycles. The van der Waals surface area contributed by atoms with Gasteiger partial charge in [0, 0.05) is 12.8 Å². The van der Waals surface area contributed by atoms with E-state index in [1.165, 1.54) is 64.2 Å². The van der Waals surface area contributed by atoms with Crippen LogP contribution >= 0.6 is 7.82 Å². The number of carbonyl (C=O) groups is 3. The first-order valence-corrected chi connectivity index (χ1v) is 22.2. The number of allylic oxidation sites excluding steroid dienone is 8. The molecule has 0 aliphatic rings. The Morgan fingerprint density at radius 1 is 0.593 bits per heavy atom. The Morgan fingerprint density at radius 3 is 1.65 bits per heavy atom. The largest absolute Gasteiger partial charge is 0.480 e. The fourth-order valence-electron chi connectivity index (χ4n) is 5.33. The standard InChI is InChI=1S/C42H74NO10P/c1-3-5-7-9-11-13-15-17-19-21-23-25-27-29-31-33-40(44)50-35-38(36-51-54(48,49)52-37-39(43)42(46)47)53-41(45)34-32-30-28-26-24-22-20-18-16-14-12-10-8-6-4-2/h5,7,11,13,17,19,28,30,38-39H,3-4,6,8-10,12,14-16,18,20-27,29,31-37,43H2,1-2H3,(H,46,47)(H,48,49)/b7-5+,13-11+,19-17+,30-28+/t38-,39+/m1/s1. The molecule has 0 radical (unpaired) electrons. The van der Waals surface area contributed by atoms with Crippen LogP contribution in [0.2, 0.25) is 0 Å². The fraction of sp³-hybridized carbons (Fsp3) is 0.738. The number of carboxylic acids is 1. The van der Waals surface area contributed by atoms with Crippen LogP contribution < -0.4 is 5.73 Å². The summed E-state index contributed by atoms with van der Waals surface area (Å²) in [5, 5.41) is 8.87. The molecule has 0 aromatic rings. The van der Waals surface area contributed by atoms with Crippen LogP contribution in [-0.2, 0) is 37.5 Å². The third-order valence-electron chi connectivity index (χ3n) is 8.57. The van der Waals surface area contributed by atoms with Gasteiger partial charge in [0.1, 0.15) is 12.6 Å². The van der Waals surface area contributed by atoms with Gasteiger partial charge in [0.25, 0.3) is 0 Å². The van der Waals surface area contributed by atoms with Gasteiger partial charge in [-0.2, -0.15) is 0 Å². The summed E-state index contributed by atoms with van der Waals surface area (Å²) in [4.78, 5) is 45.8. The van der Waals surface area contributed by atoms with Gasteiger partial charge in [0.15, 0.2) is 6.10 Å². The van der Waals surface area contributed by atoms with Crippen molar-refractivity contribution in [3.8, 4) is 0 Å². The zero-order chi connectivity index (χ0) is 40.0. The molecule has 54 heavy (non-hydrogen) atoms. The normalized spacial score (nSPS) is 14.3. The predicted molar refractivity (Wildman–Crippen MR) is 217 cm³/mol. The number of ether oxygens (including phenoxy) is 2. The molecule has 0 bridgehead atoms. The molecule has 0 rings (SSSR count). The molecule has 0 fully saturated rings. The summed E-state index contributed by atoms with van der Waals surface area (Å²) in [5.41, 5.74) is 5.32. The van der Waals surface area contributed by atoms with Crippen molar-refractivity contribution < 1.29 is 47.5 Å². The van der Waals surface area contributed by atoms with Crippen molar-refractivity contribution in [2.45, 2.75) is 180 Å². The van der Waals surface area contributed by atoms with Gasteiger partial charge < -0.3 is 25.2 Å². The maximum Gasteiger partial charge on any atom is 0.472 e. The van der Waals surface area contributed by atoms with Gasteiger partial charge in [-0.25, -0.2) is 4.57 Å². The highest BCUT2D eigenvalue weighted by atomic mass is 31.2. The van der Waals surface area contributed by atoms with Gasteiger partial charge in [0.05, 0.1) is 13.2 Å². The first-order chi connectivity index (χ1) is 26.1. The number of unbranched alkanes of at least 4 members (excludes halogenated alkanes) is 16. The molecule has 1 unspecified atom stereocenters. The van der Waals surface area contributed by atoms with Crippen LogP contribution in [0.15, 0.2) is 48.6 Å². The molecular formula is C42H74NO10P. The highest BCUT2D eigenvalue weighted by Crippen LogP contribution is 2.43. The second kappa shape index (κ2) is 37.4. The average Bonchev–Trinajstić information content (AvgIpc) is 3.14. The Labute approximate surface area is 326 Å². The molecule has 0 aliphatic carbocycles. The monoisotopic (exact) mass is 784 g/mol. The molecule has 0 aromatic carbocycles. The number of aliphatic carboxylic acids is 1. The molecule has 0 saturated heterocycles. The molecular weight excluding hydrogens is 709 g/mol. The van der Waals surface area contributed by atoms with Gasteiger partial charge in [-0.15, -0.1) is 0 Å². The van der Waals surface area contributed by atoms with Crippen molar-refractivity contribution in [3.05, 3.63) is 48.6 Å². The maximum atomic E-state index is 12.6. The van der Waals surface area contributed by atoms with E-state index in [9.17, 15) is 23.8 Å². The lowest BCUT2D eigenvalue weighted by molar-refractivity contribution is -0.161. The van der Waals surface area contributed by atoms with E-state index >= 15 is 0 Å². The van der Waals surface area contributed by atoms with E-state index in [1.807, 2.05) is 6.08 Å². The number of phosphoric ester groups is 1. The summed E-state index contributed by atoms with van der Waals surface area (Å²) in [5.74, 6) is -2.46. The molecule has 0 heterocycles. The van der Waals surface area contributed by atoms with Crippen LogP contribution in [0, 0.1) is 0 Å². The topological polar surface area (TPSA) is 172 Å². The Bertz CT molecular complexity index is 1110. The van der Waals surface area contributed by atoms with Crippen molar-refractivity contribution in [2.75, 3.05) is 19.8 Å². The number of carbonyl (C=O) groups excluding carboxylic acids is 2. The zero-order valence-electron chi connectivity index (χ0n) is 33.6. The highest BCUT2D eigenvalue weighted by molar-refractivity contribution is 7.47. The van der Waals surface area contributed by atoms with Crippen molar-refractivity contribution in [1.29, 1.82) is 0 Å². The van der Waals surface area contributed by atoms with E-state index in [-0.39, 0.29) is 19.4 Å². The van der Waals surface area contributed by atoms with Crippen molar-refractivity contribution in [1.82, 2.24) is 0 Å². The highest BCUT2D eigenvalue weighted by Gasteiger charge is 2.28. The Kier molecular flexibility index (Phi) is 35.6. The lowest BCUT2D eigenvalue weighted by Gasteiger charge is -2.20. The Morgan fingerprint density at radius 2 is 1.07 bits per heavy atom. The van der Waals surface area contributed by atoms with Crippen LogP contribution in [0.25, 0.3) is 0 Å². The molecule has 0 spiro atoms. The number of esters is 2. The van der Waals surface area contributed by atoms with Gasteiger partial charge in [-0.1, -0.05) is 146 Å². The number of rotatable bonds is 38. The minimum absolute atomic E-state index is 0.0731. The summed E-state index contributed by atoms with van der Waals surface area (Å²) in [7, 11) is -4.73. The predicted octanol–water partition coefficient (Wildman–Crippen LogP) is 10.6. The van der Waals surface area contributed by atoms with Crippen LogP contribution in [0.4, 0.5) is 0 Å². The lowest BCUT2D eigenvalue weighted by atomic mass is 10.1. The van der Waals surface area contributed by atoms with Gasteiger partial charge in [0.2, 0.25) is 0 Å². The number of hydrogen-bond acceptors (Lipinski definition) is 9. The second-order valence-electron chi connectivity index (χ2n) is 13.7. The summed E-state index contributed by atoms with van der Waals surface area (Å²) < 4.78 is 32.6. The molecule has 0 amide bonds. The molecule has 4 N–H and O–H groups in total. The maximum absolute atomic E-state index is 12.6. The van der Waals surface area contributed by atoms with E-state index < -0.39 is 51.1 Å². The first kappa shape index (κ1) is 51.4. The minimum atomic E-state index is -4.73. The lowest BCUT2D eigenvalue weighted by Crippen LogP contribution is -2.34. The average molecular weight is 784 g/mol. The Balaban J connectivity index is 4.46. The summed E-state index contributed by atoms with van der Waals surface area (Å²) >= 11 is 0. The quantitative estimate of drug-likeness (QED) is 0.0235. The van der Waals surface area contributed by atoms with Crippen LogP contribution in [0.3, 0.4) is 0 Å². The summed E-state index contributed by atoms with van der Waals surface area (Å²) in [6, 6.07) is -1.53. The molecule has 312 valence electrons. The molecule has 12 heteroatoms.